The van der Waals surface area contributed by atoms with Crippen molar-refractivity contribution in [3.05, 3.63) is 18.3 Å². The lowest BCUT2D eigenvalue weighted by molar-refractivity contribution is 0.0699. The molecule has 0 saturated carbocycles. The summed E-state index contributed by atoms with van der Waals surface area (Å²) in [5, 5.41) is 3.60. The van der Waals surface area contributed by atoms with E-state index in [4.69, 9.17) is 4.74 Å². The Hall–Kier alpha value is -1.29. The summed E-state index contributed by atoms with van der Waals surface area (Å²) < 4.78 is 5.41. The van der Waals surface area contributed by atoms with Crippen molar-refractivity contribution in [2.24, 2.45) is 5.92 Å². The number of pyridine rings is 1. The highest BCUT2D eigenvalue weighted by Crippen LogP contribution is 2.26. The van der Waals surface area contributed by atoms with E-state index < -0.39 is 0 Å². The van der Waals surface area contributed by atoms with Gasteiger partial charge in [-0.1, -0.05) is 0 Å². The number of nitrogens with one attached hydrogen (secondary N) is 1. The minimum absolute atomic E-state index is 0.736. The standard InChI is InChI=1S/C15H23N3O/c1-2-9-18(8-1)15-14(4-3-7-16-15)17-12-13-5-10-19-11-6-13/h3-4,7,13,17H,1-2,5-6,8-12H2. The molecule has 0 spiro atoms. The second-order valence-electron chi connectivity index (χ2n) is 5.51. The Kier molecular flexibility index (Phi) is 4.18. The van der Waals surface area contributed by atoms with Gasteiger partial charge in [-0.2, -0.15) is 0 Å². The van der Waals surface area contributed by atoms with Gasteiger partial charge in [-0.05, 0) is 43.7 Å². The van der Waals surface area contributed by atoms with Crippen LogP contribution < -0.4 is 10.2 Å². The average molecular weight is 261 g/mol. The lowest BCUT2D eigenvalue weighted by Crippen LogP contribution is -2.25. The lowest BCUT2D eigenvalue weighted by Gasteiger charge is -2.25. The van der Waals surface area contributed by atoms with Gasteiger partial charge in [0.25, 0.3) is 0 Å². The molecule has 0 unspecified atom stereocenters. The molecule has 0 amide bonds. The van der Waals surface area contributed by atoms with Gasteiger partial charge in [0.15, 0.2) is 5.82 Å². The number of hydrogen-bond donors (Lipinski definition) is 1. The molecule has 1 aromatic rings. The van der Waals surface area contributed by atoms with E-state index in [1.54, 1.807) is 0 Å². The van der Waals surface area contributed by atoms with Crippen LogP contribution in [0.5, 0.6) is 0 Å². The van der Waals surface area contributed by atoms with Crippen LogP contribution in [0.1, 0.15) is 25.7 Å². The molecule has 4 nitrogen and oxygen atoms in total. The first-order valence-electron chi connectivity index (χ1n) is 7.45. The van der Waals surface area contributed by atoms with E-state index in [1.165, 1.54) is 31.4 Å². The highest BCUT2D eigenvalue weighted by Gasteiger charge is 2.18. The largest absolute Gasteiger partial charge is 0.382 e. The fourth-order valence-electron chi connectivity index (χ4n) is 2.92. The first-order chi connectivity index (χ1) is 9.43. The Labute approximate surface area is 115 Å². The maximum Gasteiger partial charge on any atom is 0.151 e. The number of ether oxygens (including phenoxy) is 1. The predicted octanol–water partition coefficient (Wildman–Crippen LogP) is 2.52. The highest BCUT2D eigenvalue weighted by molar-refractivity contribution is 5.65. The molecule has 3 heterocycles. The molecule has 2 aliphatic heterocycles. The van der Waals surface area contributed by atoms with E-state index in [9.17, 15) is 0 Å². The molecule has 2 fully saturated rings. The number of rotatable bonds is 4. The maximum absolute atomic E-state index is 5.41. The topological polar surface area (TPSA) is 37.4 Å². The fourth-order valence-corrected chi connectivity index (χ4v) is 2.92. The summed E-state index contributed by atoms with van der Waals surface area (Å²) in [4.78, 5) is 6.96. The molecule has 1 aromatic heterocycles. The Morgan fingerprint density at radius 3 is 2.84 bits per heavy atom. The monoisotopic (exact) mass is 261 g/mol. The smallest absolute Gasteiger partial charge is 0.151 e. The van der Waals surface area contributed by atoms with Gasteiger partial charge in [0.1, 0.15) is 0 Å². The van der Waals surface area contributed by atoms with Crippen molar-refractivity contribution in [1.82, 2.24) is 4.98 Å². The molecule has 1 N–H and O–H groups in total. The van der Waals surface area contributed by atoms with Gasteiger partial charge in [-0.25, -0.2) is 4.98 Å². The van der Waals surface area contributed by atoms with Crippen LogP contribution in [0, 0.1) is 5.92 Å². The van der Waals surface area contributed by atoms with Crippen molar-refractivity contribution in [2.45, 2.75) is 25.7 Å². The van der Waals surface area contributed by atoms with E-state index in [2.05, 4.69) is 21.3 Å². The third-order valence-corrected chi connectivity index (χ3v) is 4.11. The van der Waals surface area contributed by atoms with E-state index in [1.807, 2.05) is 12.3 Å². The molecular formula is C15H23N3O. The minimum Gasteiger partial charge on any atom is -0.382 e. The zero-order valence-corrected chi connectivity index (χ0v) is 11.5. The van der Waals surface area contributed by atoms with E-state index in [-0.39, 0.29) is 0 Å². The molecule has 4 heteroatoms. The van der Waals surface area contributed by atoms with Crippen LogP contribution in [-0.4, -0.2) is 37.8 Å². The Bertz CT molecular complexity index is 398. The number of anilines is 2. The van der Waals surface area contributed by atoms with Gasteiger partial charge in [-0.3, -0.25) is 0 Å². The van der Waals surface area contributed by atoms with E-state index in [0.717, 1.165) is 44.6 Å². The lowest BCUT2D eigenvalue weighted by atomic mass is 10.0. The van der Waals surface area contributed by atoms with Crippen LogP contribution in [0.2, 0.25) is 0 Å². The van der Waals surface area contributed by atoms with Crippen molar-refractivity contribution in [3.8, 4) is 0 Å². The van der Waals surface area contributed by atoms with Gasteiger partial charge in [0.05, 0.1) is 5.69 Å². The maximum atomic E-state index is 5.41. The minimum atomic E-state index is 0.736. The second kappa shape index (κ2) is 6.24. The second-order valence-corrected chi connectivity index (χ2v) is 5.51. The molecule has 0 radical (unpaired) electrons. The molecule has 0 aliphatic carbocycles. The molecule has 2 saturated heterocycles. The zero-order chi connectivity index (χ0) is 12.9. The Morgan fingerprint density at radius 2 is 2.05 bits per heavy atom. The van der Waals surface area contributed by atoms with Gasteiger partial charge >= 0.3 is 0 Å². The van der Waals surface area contributed by atoms with Gasteiger partial charge in [0.2, 0.25) is 0 Å². The summed E-state index contributed by atoms with van der Waals surface area (Å²) in [5.41, 5.74) is 1.19. The first-order valence-corrected chi connectivity index (χ1v) is 7.45. The van der Waals surface area contributed by atoms with Gasteiger partial charge in [0, 0.05) is 39.0 Å². The molecule has 0 aromatic carbocycles. The summed E-state index contributed by atoms with van der Waals surface area (Å²) in [5.74, 6) is 1.87. The summed E-state index contributed by atoms with van der Waals surface area (Å²) in [6, 6.07) is 4.17. The zero-order valence-electron chi connectivity index (χ0n) is 11.5. The third kappa shape index (κ3) is 3.18. The van der Waals surface area contributed by atoms with Crippen LogP contribution in [0.25, 0.3) is 0 Å². The molecule has 19 heavy (non-hydrogen) atoms. The first kappa shape index (κ1) is 12.7. The Balaban J connectivity index is 1.62. The summed E-state index contributed by atoms with van der Waals surface area (Å²) in [7, 11) is 0. The predicted molar refractivity (Wildman–Crippen MR) is 77.7 cm³/mol. The van der Waals surface area contributed by atoms with Crippen LogP contribution in [0.3, 0.4) is 0 Å². The molecular weight excluding hydrogens is 238 g/mol. The van der Waals surface area contributed by atoms with Gasteiger partial charge in [-0.15, -0.1) is 0 Å². The van der Waals surface area contributed by atoms with Crippen LogP contribution in [-0.2, 0) is 4.74 Å². The molecule has 0 bridgehead atoms. The van der Waals surface area contributed by atoms with Crippen molar-refractivity contribution in [1.29, 1.82) is 0 Å². The molecule has 104 valence electrons. The Morgan fingerprint density at radius 1 is 1.26 bits per heavy atom. The number of nitrogens with zero attached hydrogens (tertiary/aromatic N) is 2. The van der Waals surface area contributed by atoms with Crippen LogP contribution in [0.15, 0.2) is 18.3 Å². The molecule has 2 aliphatic rings. The van der Waals surface area contributed by atoms with Crippen molar-refractivity contribution in [3.63, 3.8) is 0 Å². The normalized spacial score (nSPS) is 20.7. The fraction of sp³-hybridized carbons (Fsp3) is 0.667. The SMILES string of the molecule is c1cnc(N2CCCC2)c(NCC2CCOCC2)c1. The van der Waals surface area contributed by atoms with Crippen molar-refractivity contribution < 1.29 is 4.74 Å². The van der Waals surface area contributed by atoms with E-state index >= 15 is 0 Å². The van der Waals surface area contributed by atoms with Crippen molar-refractivity contribution in [2.75, 3.05) is 43.1 Å². The van der Waals surface area contributed by atoms with Crippen LogP contribution >= 0.6 is 0 Å². The summed E-state index contributed by atoms with van der Waals surface area (Å²) >= 11 is 0. The van der Waals surface area contributed by atoms with E-state index in [0.29, 0.717) is 0 Å². The number of hydrogen-bond acceptors (Lipinski definition) is 4. The van der Waals surface area contributed by atoms with Crippen LogP contribution in [0.4, 0.5) is 11.5 Å². The third-order valence-electron chi connectivity index (χ3n) is 4.11. The quantitative estimate of drug-likeness (QED) is 0.903. The molecule has 3 rings (SSSR count). The summed E-state index contributed by atoms with van der Waals surface area (Å²) in [6.07, 6.45) is 6.82. The van der Waals surface area contributed by atoms with Crippen molar-refractivity contribution >= 4 is 11.5 Å². The molecule has 0 atom stereocenters. The highest BCUT2D eigenvalue weighted by atomic mass is 16.5. The summed E-state index contributed by atoms with van der Waals surface area (Å²) in [6.45, 7) is 5.15. The number of aromatic nitrogens is 1. The van der Waals surface area contributed by atoms with Gasteiger partial charge < -0.3 is 15.0 Å². The average Bonchev–Trinajstić information content (AvgIpc) is 3.01.